The van der Waals surface area contributed by atoms with Gasteiger partial charge in [0.1, 0.15) is 0 Å². The van der Waals surface area contributed by atoms with Crippen molar-refractivity contribution in [3.05, 3.63) is 34.7 Å². The second kappa shape index (κ2) is 5.85. The van der Waals surface area contributed by atoms with Crippen LogP contribution in [0.1, 0.15) is 25.7 Å². The van der Waals surface area contributed by atoms with Crippen LogP contribution in [-0.4, -0.2) is 17.7 Å². The monoisotopic (exact) mass is 220 g/mol. The molecule has 0 amide bonds. The van der Waals surface area contributed by atoms with Crippen molar-refractivity contribution in [1.29, 1.82) is 0 Å². The molecule has 0 saturated heterocycles. The third-order valence-electron chi connectivity index (χ3n) is 3.38. The smallest absolute Gasteiger partial charge is 0.250 e. The summed E-state index contributed by atoms with van der Waals surface area (Å²) in [4.78, 5) is 11.4. The van der Waals surface area contributed by atoms with Gasteiger partial charge in [-0.05, 0) is 24.9 Å². The van der Waals surface area contributed by atoms with Crippen LogP contribution in [-0.2, 0) is 6.54 Å². The highest BCUT2D eigenvalue weighted by Crippen LogP contribution is 2.28. The van der Waals surface area contributed by atoms with E-state index < -0.39 is 0 Å². The third-order valence-corrected chi connectivity index (χ3v) is 3.38. The van der Waals surface area contributed by atoms with Gasteiger partial charge in [-0.2, -0.15) is 0 Å². The fourth-order valence-corrected chi connectivity index (χ4v) is 2.06. The van der Waals surface area contributed by atoms with Gasteiger partial charge in [-0.15, -0.1) is 0 Å². The summed E-state index contributed by atoms with van der Waals surface area (Å²) in [5, 5.41) is 3.40. The van der Waals surface area contributed by atoms with Crippen molar-refractivity contribution in [3.63, 3.8) is 0 Å². The number of aromatic nitrogens is 1. The highest BCUT2D eigenvalue weighted by Gasteiger charge is 2.15. The molecule has 0 aliphatic heterocycles. The van der Waals surface area contributed by atoms with E-state index >= 15 is 0 Å². The second-order valence-electron chi connectivity index (χ2n) is 4.57. The maximum Gasteiger partial charge on any atom is 0.250 e. The molecule has 1 N–H and O–H groups in total. The third kappa shape index (κ3) is 3.20. The van der Waals surface area contributed by atoms with Gasteiger partial charge in [-0.25, -0.2) is 0 Å². The van der Waals surface area contributed by atoms with E-state index in [4.69, 9.17) is 0 Å². The zero-order valence-corrected chi connectivity index (χ0v) is 9.69. The van der Waals surface area contributed by atoms with E-state index in [-0.39, 0.29) is 5.56 Å². The number of hydrogen-bond acceptors (Lipinski definition) is 2. The van der Waals surface area contributed by atoms with Crippen LogP contribution in [0.5, 0.6) is 0 Å². The molecule has 1 fully saturated rings. The Morgan fingerprint density at radius 3 is 2.88 bits per heavy atom. The van der Waals surface area contributed by atoms with E-state index in [1.165, 1.54) is 25.7 Å². The molecule has 0 atom stereocenters. The summed E-state index contributed by atoms with van der Waals surface area (Å²) >= 11 is 0. The van der Waals surface area contributed by atoms with Crippen molar-refractivity contribution in [2.24, 2.45) is 5.92 Å². The van der Waals surface area contributed by atoms with Gasteiger partial charge < -0.3 is 9.88 Å². The Morgan fingerprint density at radius 2 is 2.19 bits per heavy atom. The lowest BCUT2D eigenvalue weighted by atomic mass is 9.83. The Labute approximate surface area is 96.5 Å². The molecule has 0 spiro atoms. The van der Waals surface area contributed by atoms with Crippen LogP contribution < -0.4 is 10.9 Å². The van der Waals surface area contributed by atoms with Crippen molar-refractivity contribution in [2.75, 3.05) is 13.1 Å². The van der Waals surface area contributed by atoms with Gasteiger partial charge in [-0.3, -0.25) is 4.79 Å². The van der Waals surface area contributed by atoms with Gasteiger partial charge in [0.15, 0.2) is 0 Å². The minimum absolute atomic E-state index is 0.0864. The Hall–Kier alpha value is -1.09. The molecule has 88 valence electrons. The molecule has 0 radical (unpaired) electrons. The lowest BCUT2D eigenvalue weighted by molar-refractivity contribution is 0.292. The Bertz CT molecular complexity index is 368. The number of pyridine rings is 1. The minimum Gasteiger partial charge on any atom is -0.315 e. The molecule has 0 aromatic carbocycles. The van der Waals surface area contributed by atoms with Gasteiger partial charge in [0, 0.05) is 25.4 Å². The largest absolute Gasteiger partial charge is 0.315 e. The SMILES string of the molecule is O=c1ccccn1CCNCCC1CCC1. The fourth-order valence-electron chi connectivity index (χ4n) is 2.06. The molecule has 1 heterocycles. The summed E-state index contributed by atoms with van der Waals surface area (Å²) in [7, 11) is 0. The number of hydrogen-bond donors (Lipinski definition) is 1. The molecule has 1 aromatic heterocycles. The fraction of sp³-hybridized carbons (Fsp3) is 0.615. The molecule has 1 aromatic rings. The van der Waals surface area contributed by atoms with E-state index in [9.17, 15) is 4.79 Å². The van der Waals surface area contributed by atoms with Crippen LogP contribution in [0.2, 0.25) is 0 Å². The summed E-state index contributed by atoms with van der Waals surface area (Å²) in [6, 6.07) is 5.28. The van der Waals surface area contributed by atoms with E-state index in [0.717, 1.165) is 25.6 Å². The Balaban J connectivity index is 1.60. The summed E-state index contributed by atoms with van der Waals surface area (Å²) in [5.41, 5.74) is 0.0864. The maximum atomic E-state index is 11.4. The molecule has 3 nitrogen and oxygen atoms in total. The van der Waals surface area contributed by atoms with Gasteiger partial charge in [0.2, 0.25) is 0 Å². The Morgan fingerprint density at radius 1 is 1.31 bits per heavy atom. The van der Waals surface area contributed by atoms with Crippen molar-refractivity contribution in [2.45, 2.75) is 32.2 Å². The molecule has 1 saturated carbocycles. The first-order valence-corrected chi connectivity index (χ1v) is 6.22. The predicted octanol–water partition coefficient (Wildman–Crippen LogP) is 1.63. The average Bonchev–Trinajstić information content (AvgIpc) is 2.23. The maximum absolute atomic E-state index is 11.4. The van der Waals surface area contributed by atoms with Gasteiger partial charge in [-0.1, -0.05) is 25.3 Å². The molecular formula is C13H20N2O. The number of nitrogens with zero attached hydrogens (tertiary/aromatic N) is 1. The van der Waals surface area contributed by atoms with Crippen LogP contribution in [0.25, 0.3) is 0 Å². The van der Waals surface area contributed by atoms with Crippen molar-refractivity contribution < 1.29 is 0 Å². The van der Waals surface area contributed by atoms with Crippen LogP contribution >= 0.6 is 0 Å². The average molecular weight is 220 g/mol. The van der Waals surface area contributed by atoms with Crippen LogP contribution in [0.15, 0.2) is 29.2 Å². The van der Waals surface area contributed by atoms with E-state index in [1.54, 1.807) is 16.7 Å². The van der Waals surface area contributed by atoms with E-state index in [2.05, 4.69) is 5.32 Å². The lowest BCUT2D eigenvalue weighted by Gasteiger charge is -2.25. The zero-order valence-electron chi connectivity index (χ0n) is 9.69. The van der Waals surface area contributed by atoms with Crippen molar-refractivity contribution in [1.82, 2.24) is 9.88 Å². The van der Waals surface area contributed by atoms with Crippen LogP contribution in [0.4, 0.5) is 0 Å². The topological polar surface area (TPSA) is 34.0 Å². The standard InChI is InChI=1S/C13H20N2O/c16-13-6-1-2-10-15(13)11-9-14-8-7-12-4-3-5-12/h1-2,6,10,12,14H,3-5,7-9,11H2. The normalized spacial score (nSPS) is 16.0. The van der Waals surface area contributed by atoms with Gasteiger partial charge in [0.25, 0.3) is 5.56 Å². The van der Waals surface area contributed by atoms with Crippen LogP contribution in [0, 0.1) is 5.92 Å². The first kappa shape index (κ1) is 11.4. The quantitative estimate of drug-likeness (QED) is 0.739. The molecule has 2 rings (SSSR count). The highest BCUT2D eigenvalue weighted by molar-refractivity contribution is 4.93. The molecular weight excluding hydrogens is 200 g/mol. The molecule has 16 heavy (non-hydrogen) atoms. The first-order valence-electron chi connectivity index (χ1n) is 6.22. The van der Waals surface area contributed by atoms with Gasteiger partial charge >= 0.3 is 0 Å². The molecule has 0 unspecified atom stereocenters. The molecule has 0 bridgehead atoms. The molecule has 3 heteroatoms. The van der Waals surface area contributed by atoms with E-state index in [1.807, 2.05) is 12.3 Å². The summed E-state index contributed by atoms with van der Waals surface area (Å²) in [6.07, 6.45) is 7.39. The lowest BCUT2D eigenvalue weighted by Crippen LogP contribution is -2.28. The summed E-state index contributed by atoms with van der Waals surface area (Å²) < 4.78 is 1.75. The number of rotatable bonds is 6. The predicted molar refractivity (Wildman–Crippen MR) is 65.5 cm³/mol. The highest BCUT2D eigenvalue weighted by atomic mass is 16.1. The summed E-state index contributed by atoms with van der Waals surface area (Å²) in [5.74, 6) is 0.965. The summed E-state index contributed by atoms with van der Waals surface area (Å²) in [6.45, 7) is 2.74. The van der Waals surface area contributed by atoms with Crippen molar-refractivity contribution >= 4 is 0 Å². The minimum atomic E-state index is 0.0864. The molecule has 1 aliphatic rings. The zero-order chi connectivity index (χ0) is 11.2. The Kier molecular flexibility index (Phi) is 4.17. The first-order chi connectivity index (χ1) is 7.86. The van der Waals surface area contributed by atoms with E-state index in [0.29, 0.717) is 0 Å². The van der Waals surface area contributed by atoms with Crippen LogP contribution in [0.3, 0.4) is 0 Å². The second-order valence-corrected chi connectivity index (χ2v) is 4.57. The number of nitrogens with one attached hydrogen (secondary N) is 1. The molecule has 1 aliphatic carbocycles. The van der Waals surface area contributed by atoms with Crippen molar-refractivity contribution in [3.8, 4) is 0 Å². The van der Waals surface area contributed by atoms with Gasteiger partial charge in [0.05, 0.1) is 0 Å².